The number of nitrogens with zero attached hydrogens (tertiary/aromatic N) is 3. The van der Waals surface area contributed by atoms with Crippen molar-refractivity contribution in [3.63, 3.8) is 0 Å². The van der Waals surface area contributed by atoms with Gasteiger partial charge in [-0.05, 0) is 49.2 Å². The minimum Gasteiger partial charge on any atom is -0.354 e. The summed E-state index contributed by atoms with van der Waals surface area (Å²) in [5.74, 6) is 0.217. The van der Waals surface area contributed by atoms with E-state index in [-0.39, 0.29) is 10.7 Å². The number of sulfonamides is 1. The van der Waals surface area contributed by atoms with Crippen molar-refractivity contribution in [1.82, 2.24) is 9.97 Å². The van der Waals surface area contributed by atoms with Gasteiger partial charge in [-0.2, -0.15) is 0 Å². The standard InChI is InChI=1S/C18H17FN4O2S/c19-13-7-9-14(10-8-13)26(24,25)22-17-18(23-11-3-4-12-23)21-16-6-2-1-5-15(16)20-17/h1-2,5-10H,3-4,11-12H2,(H,20,22). The van der Waals surface area contributed by atoms with Crippen molar-refractivity contribution in [2.24, 2.45) is 0 Å². The molecular formula is C18H17FN4O2S. The first-order valence-corrected chi connectivity index (χ1v) is 9.81. The molecule has 0 radical (unpaired) electrons. The molecule has 0 saturated carbocycles. The minimum absolute atomic E-state index is 0.0266. The molecule has 0 aliphatic carbocycles. The second kappa shape index (κ2) is 6.53. The number of nitrogens with one attached hydrogen (secondary N) is 1. The van der Waals surface area contributed by atoms with Gasteiger partial charge in [0.25, 0.3) is 10.0 Å². The zero-order valence-electron chi connectivity index (χ0n) is 13.9. The van der Waals surface area contributed by atoms with Crippen molar-refractivity contribution in [1.29, 1.82) is 0 Å². The molecule has 2 heterocycles. The Morgan fingerprint density at radius 1 is 0.923 bits per heavy atom. The van der Waals surface area contributed by atoms with Gasteiger partial charge in [-0.15, -0.1) is 0 Å². The van der Waals surface area contributed by atoms with E-state index >= 15 is 0 Å². The van der Waals surface area contributed by atoms with E-state index in [2.05, 4.69) is 14.7 Å². The number of hydrogen-bond donors (Lipinski definition) is 1. The molecule has 26 heavy (non-hydrogen) atoms. The molecule has 1 aliphatic rings. The van der Waals surface area contributed by atoms with Crippen molar-refractivity contribution in [2.45, 2.75) is 17.7 Å². The Morgan fingerprint density at radius 2 is 1.54 bits per heavy atom. The Kier molecular flexibility index (Phi) is 4.20. The van der Waals surface area contributed by atoms with Crippen LogP contribution >= 0.6 is 0 Å². The van der Waals surface area contributed by atoms with E-state index in [4.69, 9.17) is 0 Å². The number of halogens is 1. The molecule has 1 aliphatic heterocycles. The Labute approximate surface area is 150 Å². The van der Waals surface area contributed by atoms with Gasteiger partial charge in [0.05, 0.1) is 15.9 Å². The molecule has 134 valence electrons. The van der Waals surface area contributed by atoms with Gasteiger partial charge in [0.2, 0.25) is 0 Å². The zero-order valence-corrected chi connectivity index (χ0v) is 14.7. The average Bonchev–Trinajstić information content (AvgIpc) is 3.15. The molecule has 0 bridgehead atoms. The van der Waals surface area contributed by atoms with Gasteiger partial charge >= 0.3 is 0 Å². The first kappa shape index (κ1) is 16.7. The lowest BCUT2D eigenvalue weighted by Crippen LogP contribution is -2.23. The van der Waals surface area contributed by atoms with Gasteiger partial charge in [-0.3, -0.25) is 4.72 Å². The van der Waals surface area contributed by atoms with Crippen molar-refractivity contribution in [3.05, 3.63) is 54.3 Å². The number of benzene rings is 2. The van der Waals surface area contributed by atoms with Crippen LogP contribution in [0.15, 0.2) is 53.4 Å². The summed E-state index contributed by atoms with van der Waals surface area (Å²) in [5, 5.41) is 0. The van der Waals surface area contributed by atoms with Crippen LogP contribution in [0.1, 0.15) is 12.8 Å². The smallest absolute Gasteiger partial charge is 0.263 e. The molecule has 4 rings (SSSR count). The van der Waals surface area contributed by atoms with E-state index in [1.54, 1.807) is 6.07 Å². The van der Waals surface area contributed by atoms with Crippen molar-refractivity contribution >= 4 is 32.7 Å². The minimum atomic E-state index is -3.90. The fourth-order valence-electron chi connectivity index (χ4n) is 3.01. The maximum atomic E-state index is 13.1. The number of aromatic nitrogens is 2. The summed E-state index contributed by atoms with van der Waals surface area (Å²) < 4.78 is 41.0. The molecular weight excluding hydrogens is 355 g/mol. The van der Waals surface area contributed by atoms with Crippen LogP contribution < -0.4 is 9.62 Å². The maximum Gasteiger partial charge on any atom is 0.263 e. The SMILES string of the molecule is O=S(=O)(Nc1nc2ccccc2nc1N1CCCC1)c1ccc(F)cc1. The first-order valence-electron chi connectivity index (χ1n) is 8.33. The number of para-hydroxylation sites is 2. The van der Waals surface area contributed by atoms with E-state index in [1.165, 1.54) is 12.1 Å². The molecule has 0 amide bonds. The highest BCUT2D eigenvalue weighted by Crippen LogP contribution is 2.29. The molecule has 1 N–H and O–H groups in total. The van der Waals surface area contributed by atoms with Crippen LogP contribution in [0.2, 0.25) is 0 Å². The van der Waals surface area contributed by atoms with Gasteiger partial charge in [-0.1, -0.05) is 12.1 Å². The Balaban J connectivity index is 1.79. The number of fused-ring (bicyclic) bond motifs is 1. The summed E-state index contributed by atoms with van der Waals surface area (Å²) in [6.45, 7) is 1.61. The molecule has 1 aromatic heterocycles. The number of anilines is 2. The lowest BCUT2D eigenvalue weighted by molar-refractivity contribution is 0.599. The predicted molar refractivity (Wildman–Crippen MR) is 98.2 cm³/mol. The fraction of sp³-hybridized carbons (Fsp3) is 0.222. The third-order valence-electron chi connectivity index (χ3n) is 4.31. The van der Waals surface area contributed by atoms with Crippen LogP contribution in [-0.2, 0) is 10.0 Å². The van der Waals surface area contributed by atoms with Crippen molar-refractivity contribution in [2.75, 3.05) is 22.7 Å². The van der Waals surface area contributed by atoms with E-state index in [0.29, 0.717) is 16.9 Å². The Bertz CT molecular complexity index is 1050. The summed E-state index contributed by atoms with van der Waals surface area (Å²) in [6.07, 6.45) is 2.05. The molecule has 1 fully saturated rings. The monoisotopic (exact) mass is 372 g/mol. The highest BCUT2D eigenvalue weighted by Gasteiger charge is 2.23. The highest BCUT2D eigenvalue weighted by molar-refractivity contribution is 7.92. The lowest BCUT2D eigenvalue weighted by atomic mass is 10.3. The van der Waals surface area contributed by atoms with E-state index in [9.17, 15) is 12.8 Å². The summed E-state index contributed by atoms with van der Waals surface area (Å²) in [6, 6.07) is 12.0. The van der Waals surface area contributed by atoms with Gasteiger partial charge < -0.3 is 4.90 Å². The summed E-state index contributed by atoms with van der Waals surface area (Å²) >= 11 is 0. The van der Waals surface area contributed by atoms with Gasteiger partial charge in [-0.25, -0.2) is 22.8 Å². The molecule has 6 nitrogen and oxygen atoms in total. The van der Waals surface area contributed by atoms with Gasteiger partial charge in [0.15, 0.2) is 11.6 Å². The Hall–Kier alpha value is -2.74. The zero-order chi connectivity index (χ0) is 18.1. The molecule has 8 heteroatoms. The van der Waals surface area contributed by atoms with Crippen LogP contribution in [0.3, 0.4) is 0 Å². The lowest BCUT2D eigenvalue weighted by Gasteiger charge is -2.20. The molecule has 0 spiro atoms. The van der Waals surface area contributed by atoms with E-state index < -0.39 is 15.8 Å². The first-order chi connectivity index (χ1) is 12.5. The van der Waals surface area contributed by atoms with E-state index in [0.717, 1.165) is 38.1 Å². The molecule has 2 aromatic carbocycles. The summed E-state index contributed by atoms with van der Waals surface area (Å²) in [4.78, 5) is 11.1. The van der Waals surface area contributed by atoms with Crippen molar-refractivity contribution in [3.8, 4) is 0 Å². The van der Waals surface area contributed by atoms with Crippen LogP contribution in [0.4, 0.5) is 16.0 Å². The topological polar surface area (TPSA) is 75.2 Å². The number of hydrogen-bond acceptors (Lipinski definition) is 5. The van der Waals surface area contributed by atoms with Crippen LogP contribution in [0, 0.1) is 5.82 Å². The van der Waals surface area contributed by atoms with Crippen LogP contribution in [0.25, 0.3) is 11.0 Å². The molecule has 0 unspecified atom stereocenters. The largest absolute Gasteiger partial charge is 0.354 e. The quantitative estimate of drug-likeness (QED) is 0.761. The normalized spacial score (nSPS) is 14.7. The fourth-order valence-corrected chi connectivity index (χ4v) is 4.01. The van der Waals surface area contributed by atoms with E-state index in [1.807, 2.05) is 23.1 Å². The predicted octanol–water partition coefficient (Wildman–Crippen LogP) is 3.17. The molecule has 0 atom stereocenters. The molecule has 3 aromatic rings. The third-order valence-corrected chi connectivity index (χ3v) is 5.67. The third kappa shape index (κ3) is 3.20. The van der Waals surface area contributed by atoms with Crippen molar-refractivity contribution < 1.29 is 12.8 Å². The molecule has 1 saturated heterocycles. The maximum absolute atomic E-state index is 13.1. The second-order valence-corrected chi connectivity index (χ2v) is 7.82. The Morgan fingerprint density at radius 3 is 2.19 bits per heavy atom. The summed E-state index contributed by atoms with van der Waals surface area (Å²) in [7, 11) is -3.90. The van der Waals surface area contributed by atoms with Gasteiger partial charge in [0, 0.05) is 13.1 Å². The van der Waals surface area contributed by atoms with Crippen LogP contribution in [0.5, 0.6) is 0 Å². The van der Waals surface area contributed by atoms with Gasteiger partial charge in [0.1, 0.15) is 5.82 Å². The number of rotatable bonds is 4. The highest BCUT2D eigenvalue weighted by atomic mass is 32.2. The summed E-state index contributed by atoms with van der Waals surface area (Å²) in [5.41, 5.74) is 1.31. The van der Waals surface area contributed by atoms with Crippen LogP contribution in [-0.4, -0.2) is 31.5 Å². The average molecular weight is 372 g/mol. The second-order valence-electron chi connectivity index (χ2n) is 6.14.